The van der Waals surface area contributed by atoms with Gasteiger partial charge in [0.25, 0.3) is 0 Å². The zero-order valence-corrected chi connectivity index (χ0v) is 14.2. The lowest BCUT2D eigenvalue weighted by Gasteiger charge is -2.14. The Morgan fingerprint density at radius 3 is 2.83 bits per heavy atom. The summed E-state index contributed by atoms with van der Waals surface area (Å²) in [5.41, 5.74) is 2.97. The van der Waals surface area contributed by atoms with E-state index in [-0.39, 0.29) is 12.2 Å². The molecule has 2 aromatic rings. The van der Waals surface area contributed by atoms with E-state index in [4.69, 9.17) is 5.11 Å². The second-order valence-corrected chi connectivity index (χ2v) is 8.03. The van der Waals surface area contributed by atoms with Crippen LogP contribution < -0.4 is 0 Å². The van der Waals surface area contributed by atoms with Gasteiger partial charge in [-0.1, -0.05) is 18.2 Å². The van der Waals surface area contributed by atoms with Gasteiger partial charge in [0.05, 0.1) is 17.9 Å². The maximum Gasteiger partial charge on any atom is 0.309 e. The highest BCUT2D eigenvalue weighted by molar-refractivity contribution is 7.89. The van der Waals surface area contributed by atoms with Gasteiger partial charge in [0.15, 0.2) is 0 Å². The van der Waals surface area contributed by atoms with Crippen LogP contribution in [0.5, 0.6) is 0 Å². The van der Waals surface area contributed by atoms with Crippen molar-refractivity contribution < 1.29 is 18.3 Å². The first-order valence-electron chi connectivity index (χ1n) is 7.66. The molecule has 1 saturated heterocycles. The van der Waals surface area contributed by atoms with E-state index >= 15 is 0 Å². The van der Waals surface area contributed by atoms with Crippen LogP contribution in [0.15, 0.2) is 30.5 Å². The molecule has 8 heteroatoms. The van der Waals surface area contributed by atoms with Crippen molar-refractivity contribution in [2.45, 2.75) is 19.4 Å². The Morgan fingerprint density at radius 1 is 1.38 bits per heavy atom. The summed E-state index contributed by atoms with van der Waals surface area (Å²) in [6, 6.07) is 7.51. The first kappa shape index (κ1) is 16.7. The molecule has 24 heavy (non-hydrogen) atoms. The molecule has 1 aromatic carbocycles. The maximum atomic E-state index is 11.9. The normalized spacial score (nSPS) is 17.2. The number of carbonyl (C=O) groups is 1. The highest BCUT2D eigenvalue weighted by Crippen LogP contribution is 2.26. The summed E-state index contributed by atoms with van der Waals surface area (Å²) >= 11 is 0. The van der Waals surface area contributed by atoms with Crippen molar-refractivity contribution >= 4 is 16.0 Å². The minimum atomic E-state index is -3.14. The first-order chi connectivity index (χ1) is 11.3. The standard InChI is InChI=1S/C16H19N3O4S/c1-18-11-14(15(17-18)9-16(20)21)13-5-2-4-12(8-13)10-19-6-3-7-24(19,22)23/h2,4-5,8,11H,3,6-7,9-10H2,1H3,(H,20,21). The number of carboxylic acids is 1. The quantitative estimate of drug-likeness (QED) is 0.877. The maximum absolute atomic E-state index is 11.9. The second-order valence-electron chi connectivity index (χ2n) is 5.94. The average Bonchev–Trinajstić information content (AvgIpc) is 3.01. The molecule has 0 amide bonds. The molecule has 1 N–H and O–H groups in total. The van der Waals surface area contributed by atoms with Crippen molar-refractivity contribution in [1.29, 1.82) is 0 Å². The van der Waals surface area contributed by atoms with Crippen molar-refractivity contribution in [2.24, 2.45) is 7.05 Å². The van der Waals surface area contributed by atoms with Crippen LogP contribution in [0.1, 0.15) is 17.7 Å². The van der Waals surface area contributed by atoms with Gasteiger partial charge >= 0.3 is 5.97 Å². The number of aliphatic carboxylic acids is 1. The van der Waals surface area contributed by atoms with E-state index in [1.807, 2.05) is 24.3 Å². The van der Waals surface area contributed by atoms with Crippen molar-refractivity contribution in [3.8, 4) is 11.1 Å². The third-order valence-electron chi connectivity index (χ3n) is 4.02. The van der Waals surface area contributed by atoms with Crippen LogP contribution in [-0.2, 0) is 34.8 Å². The zero-order chi connectivity index (χ0) is 17.3. The Balaban J connectivity index is 1.90. The summed E-state index contributed by atoms with van der Waals surface area (Å²) in [6.07, 6.45) is 2.29. The van der Waals surface area contributed by atoms with Gasteiger partial charge in [0, 0.05) is 31.9 Å². The Morgan fingerprint density at radius 2 is 2.17 bits per heavy atom. The van der Waals surface area contributed by atoms with Crippen LogP contribution in [0, 0.1) is 0 Å². The van der Waals surface area contributed by atoms with E-state index in [9.17, 15) is 13.2 Å². The number of aryl methyl sites for hydroxylation is 1. The van der Waals surface area contributed by atoms with Crippen LogP contribution in [0.4, 0.5) is 0 Å². The molecule has 0 bridgehead atoms. The number of nitrogens with zero attached hydrogens (tertiary/aromatic N) is 3. The molecule has 1 aliphatic rings. The topological polar surface area (TPSA) is 92.5 Å². The van der Waals surface area contributed by atoms with E-state index in [2.05, 4.69) is 5.10 Å². The van der Waals surface area contributed by atoms with E-state index in [0.717, 1.165) is 16.7 Å². The van der Waals surface area contributed by atoms with Crippen LogP contribution in [0.3, 0.4) is 0 Å². The van der Waals surface area contributed by atoms with Crippen molar-refractivity contribution in [2.75, 3.05) is 12.3 Å². The monoisotopic (exact) mass is 349 g/mol. The summed E-state index contributed by atoms with van der Waals surface area (Å²) in [4.78, 5) is 11.0. The highest BCUT2D eigenvalue weighted by atomic mass is 32.2. The summed E-state index contributed by atoms with van der Waals surface area (Å²) in [5, 5.41) is 13.2. The number of hydrogen-bond donors (Lipinski definition) is 1. The minimum Gasteiger partial charge on any atom is -0.481 e. The smallest absolute Gasteiger partial charge is 0.309 e. The van der Waals surface area contributed by atoms with Crippen molar-refractivity contribution in [3.63, 3.8) is 0 Å². The average molecular weight is 349 g/mol. The molecule has 1 aliphatic heterocycles. The Kier molecular flexibility index (Phi) is 4.42. The van der Waals surface area contributed by atoms with E-state index in [1.54, 1.807) is 17.9 Å². The SMILES string of the molecule is Cn1cc(-c2cccc(CN3CCCS3(=O)=O)c2)c(CC(=O)O)n1. The van der Waals surface area contributed by atoms with Crippen LogP contribution >= 0.6 is 0 Å². The number of sulfonamides is 1. The lowest BCUT2D eigenvalue weighted by molar-refractivity contribution is -0.136. The number of carboxylic acid groups (broad SMARTS) is 1. The lowest BCUT2D eigenvalue weighted by Crippen LogP contribution is -2.25. The Labute approximate surface area is 140 Å². The number of hydrogen-bond acceptors (Lipinski definition) is 4. The predicted octanol–water partition coefficient (Wildman–Crippen LogP) is 1.25. The van der Waals surface area contributed by atoms with Gasteiger partial charge in [-0.15, -0.1) is 0 Å². The minimum absolute atomic E-state index is 0.152. The fourth-order valence-corrected chi connectivity index (χ4v) is 4.46. The van der Waals surface area contributed by atoms with Gasteiger partial charge in [-0.3, -0.25) is 9.48 Å². The molecule has 0 radical (unpaired) electrons. The molecule has 1 aromatic heterocycles. The Bertz CT molecular complexity index is 873. The van der Waals surface area contributed by atoms with Crippen molar-refractivity contribution in [1.82, 2.24) is 14.1 Å². The van der Waals surface area contributed by atoms with Gasteiger partial charge in [-0.2, -0.15) is 9.40 Å². The molecular weight excluding hydrogens is 330 g/mol. The van der Waals surface area contributed by atoms with Crippen LogP contribution in [0.2, 0.25) is 0 Å². The fourth-order valence-electron chi connectivity index (χ4n) is 2.96. The van der Waals surface area contributed by atoms with Crippen LogP contribution in [-0.4, -0.2) is 45.9 Å². The summed E-state index contributed by atoms with van der Waals surface area (Å²) in [7, 11) is -1.40. The fraction of sp³-hybridized carbons (Fsp3) is 0.375. The third kappa shape index (κ3) is 3.49. The third-order valence-corrected chi connectivity index (χ3v) is 5.93. The molecular formula is C16H19N3O4S. The molecule has 0 saturated carbocycles. The molecule has 0 unspecified atom stereocenters. The van der Waals surface area contributed by atoms with Gasteiger partial charge < -0.3 is 5.11 Å². The molecule has 0 aliphatic carbocycles. The van der Waals surface area contributed by atoms with E-state index < -0.39 is 16.0 Å². The van der Waals surface area contributed by atoms with E-state index in [0.29, 0.717) is 25.2 Å². The predicted molar refractivity (Wildman–Crippen MR) is 88.8 cm³/mol. The Hall–Kier alpha value is -2.19. The number of benzene rings is 1. The highest BCUT2D eigenvalue weighted by Gasteiger charge is 2.28. The van der Waals surface area contributed by atoms with E-state index in [1.165, 1.54) is 4.31 Å². The number of rotatable bonds is 5. The van der Waals surface area contributed by atoms with Gasteiger partial charge in [0.1, 0.15) is 0 Å². The molecule has 128 valence electrons. The molecule has 3 rings (SSSR count). The molecule has 2 heterocycles. The summed E-state index contributed by atoms with van der Waals surface area (Å²) in [6.45, 7) is 0.883. The van der Waals surface area contributed by atoms with Crippen LogP contribution in [0.25, 0.3) is 11.1 Å². The summed E-state index contributed by atoms with van der Waals surface area (Å²) in [5.74, 6) is -0.729. The van der Waals surface area contributed by atoms with Gasteiger partial charge in [-0.05, 0) is 23.6 Å². The molecule has 1 fully saturated rings. The zero-order valence-electron chi connectivity index (χ0n) is 13.3. The van der Waals surface area contributed by atoms with Gasteiger partial charge in [0.2, 0.25) is 10.0 Å². The first-order valence-corrected chi connectivity index (χ1v) is 9.27. The summed E-state index contributed by atoms with van der Waals surface area (Å²) < 4.78 is 27.0. The molecule has 0 atom stereocenters. The largest absolute Gasteiger partial charge is 0.481 e. The van der Waals surface area contributed by atoms with Gasteiger partial charge in [-0.25, -0.2) is 8.42 Å². The molecule has 0 spiro atoms. The number of aromatic nitrogens is 2. The van der Waals surface area contributed by atoms with Crippen molar-refractivity contribution in [3.05, 3.63) is 41.7 Å². The second kappa shape index (κ2) is 6.37. The lowest BCUT2D eigenvalue weighted by atomic mass is 10.0. The molecule has 7 nitrogen and oxygen atoms in total.